The molecule has 19 heavy (non-hydrogen) atoms. The largest absolute Gasteiger partial charge is 0.483 e. The quantitative estimate of drug-likeness (QED) is 0.583. The zero-order chi connectivity index (χ0) is 14.1. The van der Waals surface area contributed by atoms with Crippen LogP contribution in [0.3, 0.4) is 0 Å². The maximum absolute atomic E-state index is 11.5. The molecule has 0 saturated carbocycles. The van der Waals surface area contributed by atoms with Crippen LogP contribution in [-0.4, -0.2) is 39.1 Å². The van der Waals surface area contributed by atoms with E-state index in [0.717, 1.165) is 12.7 Å². The Hall–Kier alpha value is -1.40. The molecule has 0 aliphatic carbocycles. The third-order valence-electron chi connectivity index (χ3n) is 2.30. The van der Waals surface area contributed by atoms with Gasteiger partial charge in [-0.25, -0.2) is 0 Å². The molecule has 5 nitrogen and oxygen atoms in total. The van der Waals surface area contributed by atoms with Crippen LogP contribution in [0.5, 0.6) is 5.75 Å². The van der Waals surface area contributed by atoms with E-state index in [1.54, 1.807) is 25.3 Å². The topological polar surface area (TPSA) is 64.6 Å². The highest BCUT2D eigenvalue weighted by Gasteiger charge is 2.06. The van der Waals surface area contributed by atoms with Gasteiger partial charge in [-0.1, -0.05) is 0 Å². The van der Waals surface area contributed by atoms with Crippen molar-refractivity contribution < 1.29 is 19.1 Å². The number of benzene rings is 1. The van der Waals surface area contributed by atoms with E-state index < -0.39 is 0 Å². The van der Waals surface area contributed by atoms with Crippen LogP contribution in [0, 0.1) is 0 Å². The Morgan fingerprint density at radius 3 is 2.89 bits per heavy atom. The average molecular weight is 330 g/mol. The Kier molecular flexibility index (Phi) is 7.14. The molecule has 0 aliphatic heterocycles. The van der Waals surface area contributed by atoms with Crippen LogP contribution >= 0.6 is 15.9 Å². The number of rotatable bonds is 8. The van der Waals surface area contributed by atoms with Gasteiger partial charge in [-0.3, -0.25) is 9.59 Å². The van der Waals surface area contributed by atoms with Crippen LogP contribution in [0.25, 0.3) is 0 Å². The van der Waals surface area contributed by atoms with E-state index in [2.05, 4.69) is 21.2 Å². The first kappa shape index (κ1) is 15.7. The number of carbonyl (C=O) groups is 2. The van der Waals surface area contributed by atoms with Gasteiger partial charge < -0.3 is 14.8 Å². The number of halogens is 1. The molecule has 0 aliphatic rings. The highest BCUT2D eigenvalue weighted by molar-refractivity contribution is 9.10. The fourth-order valence-corrected chi connectivity index (χ4v) is 1.86. The van der Waals surface area contributed by atoms with Gasteiger partial charge in [0.1, 0.15) is 12.0 Å². The van der Waals surface area contributed by atoms with Gasteiger partial charge in [0.15, 0.2) is 6.61 Å². The monoisotopic (exact) mass is 329 g/mol. The van der Waals surface area contributed by atoms with Crippen LogP contribution in [0.2, 0.25) is 0 Å². The van der Waals surface area contributed by atoms with Gasteiger partial charge in [-0.2, -0.15) is 0 Å². The SMILES string of the molecule is COCCCNC(=O)COc1ccc(C=O)cc1Br. The van der Waals surface area contributed by atoms with Crippen molar-refractivity contribution in [1.82, 2.24) is 5.32 Å². The van der Waals surface area contributed by atoms with Gasteiger partial charge in [0.05, 0.1) is 4.47 Å². The van der Waals surface area contributed by atoms with Crippen molar-refractivity contribution in [3.8, 4) is 5.75 Å². The molecule has 0 heterocycles. The van der Waals surface area contributed by atoms with Gasteiger partial charge in [-0.15, -0.1) is 0 Å². The summed E-state index contributed by atoms with van der Waals surface area (Å²) < 4.78 is 10.9. The molecule has 1 amide bonds. The molecule has 0 atom stereocenters. The summed E-state index contributed by atoms with van der Waals surface area (Å²) in [5, 5.41) is 2.71. The number of methoxy groups -OCH3 is 1. The van der Waals surface area contributed by atoms with Crippen LogP contribution in [-0.2, 0) is 9.53 Å². The van der Waals surface area contributed by atoms with Crippen LogP contribution < -0.4 is 10.1 Å². The first-order chi connectivity index (χ1) is 9.17. The summed E-state index contributed by atoms with van der Waals surface area (Å²) in [5.74, 6) is 0.333. The molecule has 1 rings (SSSR count). The minimum Gasteiger partial charge on any atom is -0.483 e. The summed E-state index contributed by atoms with van der Waals surface area (Å²) >= 11 is 3.28. The van der Waals surface area contributed by atoms with Crippen molar-refractivity contribution in [2.24, 2.45) is 0 Å². The maximum atomic E-state index is 11.5. The minimum atomic E-state index is -0.192. The number of aldehydes is 1. The van der Waals surface area contributed by atoms with Crippen molar-refractivity contribution in [2.75, 3.05) is 26.9 Å². The summed E-state index contributed by atoms with van der Waals surface area (Å²) in [5.41, 5.74) is 0.545. The smallest absolute Gasteiger partial charge is 0.257 e. The molecule has 1 aromatic rings. The molecule has 0 bridgehead atoms. The van der Waals surface area contributed by atoms with Crippen molar-refractivity contribution in [3.05, 3.63) is 28.2 Å². The first-order valence-corrected chi connectivity index (χ1v) is 6.60. The molecule has 0 radical (unpaired) electrons. The number of ether oxygens (including phenoxy) is 2. The Bertz CT molecular complexity index is 437. The Balaban J connectivity index is 2.35. The summed E-state index contributed by atoms with van der Waals surface area (Å²) in [6, 6.07) is 4.91. The Morgan fingerprint density at radius 2 is 2.26 bits per heavy atom. The maximum Gasteiger partial charge on any atom is 0.257 e. The molecule has 0 aromatic heterocycles. The Morgan fingerprint density at radius 1 is 1.47 bits per heavy atom. The fourth-order valence-electron chi connectivity index (χ4n) is 1.35. The van der Waals surface area contributed by atoms with Gasteiger partial charge in [0.2, 0.25) is 0 Å². The highest BCUT2D eigenvalue weighted by atomic mass is 79.9. The number of carbonyl (C=O) groups excluding carboxylic acids is 2. The number of amides is 1. The molecule has 6 heteroatoms. The average Bonchev–Trinajstić information content (AvgIpc) is 2.42. The zero-order valence-electron chi connectivity index (χ0n) is 10.6. The standard InChI is InChI=1S/C13H16BrNO4/c1-18-6-2-5-15-13(17)9-19-12-4-3-10(8-16)7-11(12)14/h3-4,7-8H,2,5-6,9H2,1H3,(H,15,17). The lowest BCUT2D eigenvalue weighted by Crippen LogP contribution is -2.30. The first-order valence-electron chi connectivity index (χ1n) is 5.80. The van der Waals surface area contributed by atoms with E-state index in [4.69, 9.17) is 9.47 Å². The normalized spacial score (nSPS) is 10.0. The second-order valence-corrected chi connectivity index (χ2v) is 4.65. The molecule has 1 aromatic carbocycles. The number of hydrogen-bond acceptors (Lipinski definition) is 4. The van der Waals surface area contributed by atoms with Crippen molar-refractivity contribution in [2.45, 2.75) is 6.42 Å². The molecule has 1 N–H and O–H groups in total. The van der Waals surface area contributed by atoms with E-state index in [9.17, 15) is 9.59 Å². The molecule has 0 spiro atoms. The van der Waals surface area contributed by atoms with Crippen LogP contribution in [0.1, 0.15) is 16.8 Å². The van der Waals surface area contributed by atoms with E-state index in [0.29, 0.717) is 28.9 Å². The molecule has 0 fully saturated rings. The summed E-state index contributed by atoms with van der Waals surface area (Å²) in [4.78, 5) is 22.0. The third-order valence-corrected chi connectivity index (χ3v) is 2.92. The van der Waals surface area contributed by atoms with Gasteiger partial charge >= 0.3 is 0 Å². The summed E-state index contributed by atoms with van der Waals surface area (Å²) in [7, 11) is 1.62. The van der Waals surface area contributed by atoms with E-state index in [1.807, 2.05) is 0 Å². The van der Waals surface area contributed by atoms with E-state index in [1.165, 1.54) is 0 Å². The van der Waals surface area contributed by atoms with Crippen molar-refractivity contribution in [1.29, 1.82) is 0 Å². The molecule has 0 saturated heterocycles. The predicted octanol–water partition coefficient (Wildman–Crippen LogP) is 1.79. The van der Waals surface area contributed by atoms with Crippen molar-refractivity contribution >= 4 is 28.1 Å². The lowest BCUT2D eigenvalue weighted by Gasteiger charge is -2.09. The van der Waals surface area contributed by atoms with Gasteiger partial charge in [-0.05, 0) is 40.5 Å². The lowest BCUT2D eigenvalue weighted by atomic mass is 10.2. The zero-order valence-corrected chi connectivity index (χ0v) is 12.2. The van der Waals surface area contributed by atoms with Crippen LogP contribution in [0.4, 0.5) is 0 Å². The Labute approximate surface area is 120 Å². The number of hydrogen-bond donors (Lipinski definition) is 1. The van der Waals surface area contributed by atoms with E-state index in [-0.39, 0.29) is 12.5 Å². The molecular weight excluding hydrogens is 314 g/mol. The van der Waals surface area contributed by atoms with E-state index >= 15 is 0 Å². The van der Waals surface area contributed by atoms with Crippen molar-refractivity contribution in [3.63, 3.8) is 0 Å². The van der Waals surface area contributed by atoms with Gasteiger partial charge in [0, 0.05) is 25.8 Å². The third kappa shape index (κ3) is 5.85. The highest BCUT2D eigenvalue weighted by Crippen LogP contribution is 2.25. The molecular formula is C13H16BrNO4. The second-order valence-electron chi connectivity index (χ2n) is 3.79. The van der Waals surface area contributed by atoms with Gasteiger partial charge in [0.25, 0.3) is 5.91 Å². The lowest BCUT2D eigenvalue weighted by molar-refractivity contribution is -0.123. The second kappa shape index (κ2) is 8.66. The number of nitrogens with one attached hydrogen (secondary N) is 1. The minimum absolute atomic E-state index is 0.0635. The molecule has 104 valence electrons. The molecule has 0 unspecified atom stereocenters. The summed E-state index contributed by atoms with van der Waals surface area (Å²) in [6.07, 6.45) is 1.51. The predicted molar refractivity (Wildman–Crippen MR) is 74.5 cm³/mol. The fraction of sp³-hybridized carbons (Fsp3) is 0.385. The van der Waals surface area contributed by atoms with Crippen LogP contribution in [0.15, 0.2) is 22.7 Å². The summed E-state index contributed by atoms with van der Waals surface area (Å²) in [6.45, 7) is 1.10.